The van der Waals surface area contributed by atoms with E-state index in [-0.39, 0.29) is 0 Å². The summed E-state index contributed by atoms with van der Waals surface area (Å²) < 4.78 is 1.88. The molecular formula is C14H19N3O. The Bertz CT molecular complexity index is 514. The van der Waals surface area contributed by atoms with Crippen molar-refractivity contribution in [3.63, 3.8) is 0 Å². The molecule has 0 fully saturated rings. The monoisotopic (exact) mass is 245 g/mol. The third-order valence-electron chi connectivity index (χ3n) is 2.97. The Labute approximate surface area is 107 Å². The van der Waals surface area contributed by atoms with E-state index in [2.05, 4.69) is 23.9 Å². The van der Waals surface area contributed by atoms with Crippen molar-refractivity contribution < 1.29 is 5.11 Å². The van der Waals surface area contributed by atoms with Crippen molar-refractivity contribution >= 4 is 0 Å². The minimum absolute atomic E-state index is 0.438. The summed E-state index contributed by atoms with van der Waals surface area (Å²) in [6.45, 7) is 5.89. The fourth-order valence-electron chi connectivity index (χ4n) is 1.87. The molecular weight excluding hydrogens is 226 g/mol. The molecule has 0 saturated heterocycles. The largest absolute Gasteiger partial charge is 0.389 e. The smallest absolute Gasteiger partial charge is 0.151 e. The molecule has 0 spiro atoms. The molecule has 1 aromatic carbocycles. The van der Waals surface area contributed by atoms with Crippen LogP contribution in [0.5, 0.6) is 0 Å². The summed E-state index contributed by atoms with van der Waals surface area (Å²) in [4.78, 5) is 4.48. The highest BCUT2D eigenvalue weighted by Crippen LogP contribution is 2.16. The molecule has 0 aliphatic rings. The SMILES string of the molecule is CCc1nc(CC)n(-c2ccc([C@H](C)O)cc2)n1. The van der Waals surface area contributed by atoms with Gasteiger partial charge in [0.2, 0.25) is 0 Å². The lowest BCUT2D eigenvalue weighted by Gasteiger charge is -2.07. The van der Waals surface area contributed by atoms with Crippen LogP contribution in [0.2, 0.25) is 0 Å². The number of aliphatic hydroxyl groups is 1. The van der Waals surface area contributed by atoms with E-state index < -0.39 is 6.10 Å². The molecule has 0 aliphatic heterocycles. The van der Waals surface area contributed by atoms with Gasteiger partial charge in [0.25, 0.3) is 0 Å². The minimum Gasteiger partial charge on any atom is -0.389 e. The summed E-state index contributed by atoms with van der Waals surface area (Å²) >= 11 is 0. The van der Waals surface area contributed by atoms with E-state index in [9.17, 15) is 5.11 Å². The second kappa shape index (κ2) is 5.31. The summed E-state index contributed by atoms with van der Waals surface area (Å²) in [6, 6.07) is 7.78. The van der Waals surface area contributed by atoms with Gasteiger partial charge < -0.3 is 5.11 Å². The number of aliphatic hydroxyl groups excluding tert-OH is 1. The highest BCUT2D eigenvalue weighted by atomic mass is 16.3. The minimum atomic E-state index is -0.438. The molecule has 0 aliphatic carbocycles. The van der Waals surface area contributed by atoms with E-state index in [1.54, 1.807) is 6.92 Å². The van der Waals surface area contributed by atoms with Gasteiger partial charge in [-0.05, 0) is 24.6 Å². The lowest BCUT2D eigenvalue weighted by atomic mass is 10.1. The molecule has 0 amide bonds. The van der Waals surface area contributed by atoms with Crippen molar-refractivity contribution in [1.29, 1.82) is 0 Å². The zero-order chi connectivity index (χ0) is 13.1. The molecule has 4 heteroatoms. The van der Waals surface area contributed by atoms with Crippen LogP contribution in [0, 0.1) is 0 Å². The van der Waals surface area contributed by atoms with Crippen LogP contribution in [0.1, 0.15) is 44.1 Å². The van der Waals surface area contributed by atoms with Crippen LogP contribution in [0.4, 0.5) is 0 Å². The van der Waals surface area contributed by atoms with E-state index in [0.717, 1.165) is 35.7 Å². The second-order valence-corrected chi connectivity index (χ2v) is 4.33. The standard InChI is InChI=1S/C14H19N3O/c1-4-13-15-14(5-2)17(16-13)12-8-6-11(7-9-12)10(3)18/h6-10,18H,4-5H2,1-3H3/t10-/m0/s1. The first-order chi connectivity index (χ1) is 8.65. The molecule has 1 atom stereocenters. The van der Waals surface area contributed by atoms with Gasteiger partial charge in [0.15, 0.2) is 5.82 Å². The number of hydrogen-bond acceptors (Lipinski definition) is 3. The Morgan fingerprint density at radius 3 is 2.33 bits per heavy atom. The molecule has 2 aromatic rings. The average Bonchev–Trinajstić information content (AvgIpc) is 2.82. The first-order valence-corrected chi connectivity index (χ1v) is 6.38. The van der Waals surface area contributed by atoms with Gasteiger partial charge in [0, 0.05) is 12.8 Å². The van der Waals surface area contributed by atoms with Crippen molar-refractivity contribution in [2.24, 2.45) is 0 Å². The van der Waals surface area contributed by atoms with E-state index >= 15 is 0 Å². The summed E-state index contributed by atoms with van der Waals surface area (Å²) in [6.07, 6.45) is 1.25. The fourth-order valence-corrected chi connectivity index (χ4v) is 1.87. The van der Waals surface area contributed by atoms with Gasteiger partial charge in [-0.25, -0.2) is 9.67 Å². The van der Waals surface area contributed by atoms with Gasteiger partial charge in [-0.1, -0.05) is 26.0 Å². The van der Waals surface area contributed by atoms with Crippen LogP contribution in [-0.2, 0) is 12.8 Å². The van der Waals surface area contributed by atoms with E-state index in [1.807, 2.05) is 28.9 Å². The highest BCUT2D eigenvalue weighted by Gasteiger charge is 2.09. The molecule has 0 bridgehead atoms. The predicted molar refractivity (Wildman–Crippen MR) is 70.7 cm³/mol. The number of benzene rings is 1. The summed E-state index contributed by atoms with van der Waals surface area (Å²) in [5.41, 5.74) is 1.90. The number of rotatable bonds is 4. The Balaban J connectivity index is 2.38. The number of hydrogen-bond donors (Lipinski definition) is 1. The van der Waals surface area contributed by atoms with Gasteiger partial charge in [0.05, 0.1) is 11.8 Å². The molecule has 0 saturated carbocycles. The first kappa shape index (κ1) is 12.8. The quantitative estimate of drug-likeness (QED) is 0.900. The number of aromatic nitrogens is 3. The highest BCUT2D eigenvalue weighted by molar-refractivity contribution is 5.35. The van der Waals surface area contributed by atoms with Gasteiger partial charge in [-0.3, -0.25) is 0 Å². The van der Waals surface area contributed by atoms with E-state index in [1.165, 1.54) is 0 Å². The van der Waals surface area contributed by atoms with Crippen molar-refractivity contribution in [2.45, 2.75) is 39.7 Å². The van der Waals surface area contributed by atoms with E-state index in [0.29, 0.717) is 0 Å². The summed E-state index contributed by atoms with van der Waals surface area (Å²) in [7, 11) is 0. The Kier molecular flexibility index (Phi) is 3.77. The lowest BCUT2D eigenvalue weighted by Crippen LogP contribution is -2.02. The molecule has 1 aromatic heterocycles. The Morgan fingerprint density at radius 1 is 1.17 bits per heavy atom. The maximum absolute atomic E-state index is 9.49. The van der Waals surface area contributed by atoms with E-state index in [4.69, 9.17) is 0 Å². The fraction of sp³-hybridized carbons (Fsp3) is 0.429. The second-order valence-electron chi connectivity index (χ2n) is 4.33. The Morgan fingerprint density at radius 2 is 1.83 bits per heavy atom. The number of nitrogens with zero attached hydrogens (tertiary/aromatic N) is 3. The zero-order valence-corrected chi connectivity index (χ0v) is 11.1. The molecule has 0 radical (unpaired) electrons. The Hall–Kier alpha value is -1.68. The molecule has 0 unspecified atom stereocenters. The van der Waals surface area contributed by atoms with Crippen LogP contribution in [0.15, 0.2) is 24.3 Å². The lowest BCUT2D eigenvalue weighted by molar-refractivity contribution is 0.199. The summed E-state index contributed by atoms with van der Waals surface area (Å²) in [5, 5.41) is 14.0. The van der Waals surface area contributed by atoms with Gasteiger partial charge in [-0.2, -0.15) is 5.10 Å². The molecule has 2 rings (SSSR count). The molecule has 96 valence electrons. The van der Waals surface area contributed by atoms with Crippen LogP contribution < -0.4 is 0 Å². The van der Waals surface area contributed by atoms with Gasteiger partial charge in [0.1, 0.15) is 5.82 Å². The number of aryl methyl sites for hydroxylation is 2. The average molecular weight is 245 g/mol. The van der Waals surface area contributed by atoms with Gasteiger partial charge in [-0.15, -0.1) is 0 Å². The maximum Gasteiger partial charge on any atom is 0.151 e. The summed E-state index contributed by atoms with van der Waals surface area (Å²) in [5.74, 6) is 1.84. The van der Waals surface area contributed by atoms with Crippen molar-refractivity contribution in [2.75, 3.05) is 0 Å². The third-order valence-corrected chi connectivity index (χ3v) is 2.97. The normalized spacial score (nSPS) is 12.7. The molecule has 18 heavy (non-hydrogen) atoms. The topological polar surface area (TPSA) is 50.9 Å². The molecule has 1 heterocycles. The molecule has 4 nitrogen and oxygen atoms in total. The van der Waals surface area contributed by atoms with Crippen molar-refractivity contribution in [1.82, 2.24) is 14.8 Å². The zero-order valence-electron chi connectivity index (χ0n) is 11.1. The van der Waals surface area contributed by atoms with Crippen molar-refractivity contribution in [3.05, 3.63) is 41.5 Å². The molecule has 1 N–H and O–H groups in total. The predicted octanol–water partition coefficient (Wildman–Crippen LogP) is 2.45. The van der Waals surface area contributed by atoms with Crippen LogP contribution in [0.3, 0.4) is 0 Å². The van der Waals surface area contributed by atoms with Crippen LogP contribution in [0.25, 0.3) is 5.69 Å². The maximum atomic E-state index is 9.49. The van der Waals surface area contributed by atoms with Gasteiger partial charge >= 0.3 is 0 Å². The van der Waals surface area contributed by atoms with Crippen LogP contribution >= 0.6 is 0 Å². The third kappa shape index (κ3) is 2.43. The van der Waals surface area contributed by atoms with Crippen molar-refractivity contribution in [3.8, 4) is 5.69 Å². The first-order valence-electron chi connectivity index (χ1n) is 6.38. The van der Waals surface area contributed by atoms with Crippen LogP contribution in [-0.4, -0.2) is 19.9 Å².